The van der Waals surface area contributed by atoms with E-state index in [1.165, 1.54) is 6.07 Å². The molecule has 1 aliphatic rings. The first-order valence-electron chi connectivity index (χ1n) is 7.63. The fourth-order valence-electron chi connectivity index (χ4n) is 3.56. The van der Waals surface area contributed by atoms with E-state index in [2.05, 4.69) is 20.9 Å². The highest BCUT2D eigenvalue weighted by molar-refractivity contribution is 9.10. The fourth-order valence-corrected chi connectivity index (χ4v) is 4.12. The first kappa shape index (κ1) is 16.5. The highest BCUT2D eigenvalue weighted by atomic mass is 79.9. The van der Waals surface area contributed by atoms with Gasteiger partial charge in [-0.2, -0.15) is 0 Å². The van der Waals surface area contributed by atoms with Gasteiger partial charge in [0, 0.05) is 5.39 Å². The van der Waals surface area contributed by atoms with Crippen molar-refractivity contribution in [2.45, 2.75) is 39.2 Å². The molecule has 0 aliphatic carbocycles. The van der Waals surface area contributed by atoms with Crippen LogP contribution in [0.4, 0.5) is 4.39 Å². The van der Waals surface area contributed by atoms with E-state index in [-0.39, 0.29) is 18.2 Å². The minimum absolute atomic E-state index is 0.0327. The maximum atomic E-state index is 14.1. The third kappa shape index (κ3) is 2.39. The number of carboxylic acids is 1. The number of halogens is 2. The molecule has 1 atom stereocenters. The van der Waals surface area contributed by atoms with Crippen LogP contribution >= 0.6 is 15.9 Å². The molecule has 0 fully saturated rings. The molecule has 0 radical (unpaired) electrons. The molecular formula is C17H19BrFNO3. The van der Waals surface area contributed by atoms with Gasteiger partial charge in [0.05, 0.1) is 28.7 Å². The Balaban J connectivity index is 2.35. The van der Waals surface area contributed by atoms with Crippen molar-refractivity contribution < 1.29 is 19.0 Å². The Kier molecular flexibility index (Phi) is 4.01. The van der Waals surface area contributed by atoms with Gasteiger partial charge in [-0.1, -0.05) is 13.8 Å². The topological polar surface area (TPSA) is 62.3 Å². The normalized spacial score (nSPS) is 21.0. The van der Waals surface area contributed by atoms with Gasteiger partial charge in [-0.25, -0.2) is 4.39 Å². The summed E-state index contributed by atoms with van der Waals surface area (Å²) in [4.78, 5) is 14.8. The average molecular weight is 384 g/mol. The van der Waals surface area contributed by atoms with Crippen LogP contribution in [0.5, 0.6) is 0 Å². The van der Waals surface area contributed by atoms with Crippen molar-refractivity contribution in [2.75, 3.05) is 6.61 Å². The smallest absolute Gasteiger partial charge is 0.306 e. The van der Waals surface area contributed by atoms with Crippen LogP contribution in [-0.2, 0) is 21.6 Å². The molecule has 0 spiro atoms. The number of aromatic amines is 1. The van der Waals surface area contributed by atoms with Crippen molar-refractivity contribution in [1.82, 2.24) is 4.98 Å². The van der Waals surface area contributed by atoms with Gasteiger partial charge in [0.25, 0.3) is 0 Å². The molecule has 2 N–H and O–H groups in total. The molecule has 1 aromatic carbocycles. The predicted octanol–water partition coefficient (Wildman–Crippen LogP) is 4.28. The molecule has 6 heteroatoms. The van der Waals surface area contributed by atoms with Crippen molar-refractivity contribution in [3.05, 3.63) is 33.2 Å². The molecule has 2 heterocycles. The Hall–Kier alpha value is -1.40. The Labute approximate surface area is 142 Å². The van der Waals surface area contributed by atoms with E-state index in [1.54, 1.807) is 0 Å². The SMILES string of the molecule is Cc1cc(F)c(Br)c2c3c([nH]c12)C(CC(=O)O)(C(C)C)OCC3. The highest BCUT2D eigenvalue weighted by Crippen LogP contribution is 2.46. The molecule has 0 bridgehead atoms. The molecule has 0 amide bonds. The van der Waals surface area contributed by atoms with E-state index >= 15 is 0 Å². The lowest BCUT2D eigenvalue weighted by molar-refractivity contribution is -0.154. The van der Waals surface area contributed by atoms with Crippen LogP contribution in [0, 0.1) is 18.7 Å². The first-order valence-corrected chi connectivity index (χ1v) is 8.42. The van der Waals surface area contributed by atoms with E-state index in [0.29, 0.717) is 17.5 Å². The number of ether oxygens (including phenoxy) is 1. The van der Waals surface area contributed by atoms with E-state index in [0.717, 1.165) is 27.7 Å². The van der Waals surface area contributed by atoms with E-state index < -0.39 is 11.6 Å². The van der Waals surface area contributed by atoms with Crippen LogP contribution in [0.25, 0.3) is 10.9 Å². The molecule has 3 rings (SSSR count). The van der Waals surface area contributed by atoms with Crippen LogP contribution in [0.1, 0.15) is 37.1 Å². The third-order valence-corrected chi connectivity index (χ3v) is 5.53. The van der Waals surface area contributed by atoms with Gasteiger partial charge in [-0.05, 0) is 52.4 Å². The zero-order valence-corrected chi connectivity index (χ0v) is 14.9. The van der Waals surface area contributed by atoms with Gasteiger partial charge in [0.15, 0.2) is 0 Å². The maximum absolute atomic E-state index is 14.1. The van der Waals surface area contributed by atoms with Crippen LogP contribution in [0.3, 0.4) is 0 Å². The number of hydrogen-bond acceptors (Lipinski definition) is 2. The molecular weight excluding hydrogens is 365 g/mol. The summed E-state index contributed by atoms with van der Waals surface area (Å²) < 4.78 is 20.5. The lowest BCUT2D eigenvalue weighted by Crippen LogP contribution is -2.42. The zero-order chi connectivity index (χ0) is 16.9. The average Bonchev–Trinajstić information content (AvgIpc) is 2.85. The Bertz CT molecular complexity index is 799. The number of aliphatic carboxylic acids is 1. The van der Waals surface area contributed by atoms with Crippen molar-refractivity contribution in [3.63, 3.8) is 0 Å². The Morgan fingerprint density at radius 1 is 1.57 bits per heavy atom. The first-order chi connectivity index (χ1) is 10.8. The standard InChI is InChI=1S/C17H19BrFNO3/c1-8(2)17(7-12(21)22)16-10(4-5-23-17)13-14(18)11(19)6-9(3)15(13)20-16/h6,8,20H,4-5,7H2,1-3H3,(H,21,22). The van der Waals surface area contributed by atoms with E-state index in [4.69, 9.17) is 4.74 Å². The maximum Gasteiger partial charge on any atom is 0.306 e. The largest absolute Gasteiger partial charge is 0.481 e. The van der Waals surface area contributed by atoms with Crippen molar-refractivity contribution in [1.29, 1.82) is 0 Å². The van der Waals surface area contributed by atoms with E-state index in [9.17, 15) is 14.3 Å². The number of carboxylic acid groups (broad SMARTS) is 1. The van der Waals surface area contributed by atoms with Crippen molar-refractivity contribution in [3.8, 4) is 0 Å². The molecule has 23 heavy (non-hydrogen) atoms. The lowest BCUT2D eigenvalue weighted by Gasteiger charge is -2.39. The lowest BCUT2D eigenvalue weighted by atomic mass is 9.80. The number of fused-ring (bicyclic) bond motifs is 3. The molecule has 0 saturated heterocycles. The van der Waals surface area contributed by atoms with Crippen molar-refractivity contribution in [2.24, 2.45) is 5.92 Å². The number of hydrogen-bond donors (Lipinski definition) is 2. The number of aryl methyl sites for hydroxylation is 1. The summed E-state index contributed by atoms with van der Waals surface area (Å²) in [6.07, 6.45) is 0.508. The summed E-state index contributed by atoms with van der Waals surface area (Å²) >= 11 is 3.35. The highest BCUT2D eigenvalue weighted by Gasteiger charge is 2.45. The molecule has 0 saturated carbocycles. The minimum atomic E-state index is -0.916. The van der Waals surface area contributed by atoms with E-state index in [1.807, 2.05) is 20.8 Å². The van der Waals surface area contributed by atoms with Gasteiger partial charge in [0.2, 0.25) is 0 Å². The number of nitrogens with one attached hydrogen (secondary N) is 1. The second-order valence-corrected chi connectivity index (χ2v) is 7.22. The molecule has 1 unspecified atom stereocenters. The summed E-state index contributed by atoms with van der Waals surface area (Å²) in [6.45, 7) is 6.17. The van der Waals surface area contributed by atoms with Gasteiger partial charge < -0.3 is 14.8 Å². The van der Waals surface area contributed by atoms with Crippen LogP contribution < -0.4 is 0 Å². The predicted molar refractivity (Wildman–Crippen MR) is 89.1 cm³/mol. The Morgan fingerprint density at radius 2 is 2.26 bits per heavy atom. The summed E-state index contributed by atoms with van der Waals surface area (Å²) in [5, 5.41) is 10.2. The monoisotopic (exact) mass is 383 g/mol. The summed E-state index contributed by atoms with van der Waals surface area (Å²) in [6, 6.07) is 1.48. The molecule has 124 valence electrons. The van der Waals surface area contributed by atoms with Crippen LogP contribution in [0.2, 0.25) is 0 Å². The second-order valence-electron chi connectivity index (χ2n) is 6.43. The quantitative estimate of drug-likeness (QED) is 0.831. The number of rotatable bonds is 3. The number of H-pyrrole nitrogens is 1. The minimum Gasteiger partial charge on any atom is -0.481 e. The molecule has 2 aromatic rings. The molecule has 1 aromatic heterocycles. The van der Waals surface area contributed by atoms with Gasteiger partial charge >= 0.3 is 5.97 Å². The van der Waals surface area contributed by atoms with Crippen LogP contribution in [-0.4, -0.2) is 22.7 Å². The van der Waals surface area contributed by atoms with Crippen molar-refractivity contribution >= 4 is 32.8 Å². The number of aromatic nitrogens is 1. The van der Waals surface area contributed by atoms with Gasteiger partial charge in [0.1, 0.15) is 11.4 Å². The zero-order valence-electron chi connectivity index (χ0n) is 13.3. The molecule has 4 nitrogen and oxygen atoms in total. The Morgan fingerprint density at radius 3 is 2.87 bits per heavy atom. The summed E-state index contributed by atoms with van der Waals surface area (Å²) in [5.41, 5.74) is 2.44. The third-order valence-electron chi connectivity index (χ3n) is 4.75. The van der Waals surface area contributed by atoms with Gasteiger partial charge in [-0.15, -0.1) is 0 Å². The number of benzene rings is 1. The second kappa shape index (κ2) is 5.60. The summed E-state index contributed by atoms with van der Waals surface area (Å²) in [7, 11) is 0. The number of carbonyl (C=O) groups is 1. The van der Waals surface area contributed by atoms with Gasteiger partial charge in [-0.3, -0.25) is 4.79 Å². The van der Waals surface area contributed by atoms with Crippen LogP contribution in [0.15, 0.2) is 10.5 Å². The fraction of sp³-hybridized carbons (Fsp3) is 0.471. The summed E-state index contributed by atoms with van der Waals surface area (Å²) in [5.74, 6) is -1.25. The molecule has 1 aliphatic heterocycles.